The van der Waals surface area contributed by atoms with Crippen molar-refractivity contribution in [1.29, 1.82) is 0 Å². The number of carbonyl (C=O) groups is 3. The van der Waals surface area contributed by atoms with Gasteiger partial charge in [-0.2, -0.15) is 0 Å². The van der Waals surface area contributed by atoms with Gasteiger partial charge < -0.3 is 15.1 Å². The lowest BCUT2D eigenvalue weighted by atomic mass is 9.95. The number of ketones is 1. The maximum Gasteiger partial charge on any atom is 0.303 e. The Bertz CT molecular complexity index is 937. The summed E-state index contributed by atoms with van der Waals surface area (Å²) in [5, 5.41) is 20.2. The molecular weight excluding hydrogens is 382 g/mol. The fourth-order valence-corrected chi connectivity index (χ4v) is 3.38. The molecule has 1 aliphatic heterocycles. The SMILES string of the molecule is O=C(O)CCCN1C(=O)C(=O)C(=C(O)c2ccccc2)[C@H]1c1ccc(Cl)cc1. The number of carboxylic acid groups (broad SMARTS) is 1. The van der Waals surface area contributed by atoms with Crippen LogP contribution in [0.4, 0.5) is 0 Å². The number of aliphatic hydroxyl groups is 1. The van der Waals surface area contributed by atoms with E-state index < -0.39 is 23.7 Å². The van der Waals surface area contributed by atoms with E-state index in [1.54, 1.807) is 54.6 Å². The molecule has 0 saturated carbocycles. The van der Waals surface area contributed by atoms with Crippen molar-refractivity contribution in [3.63, 3.8) is 0 Å². The minimum Gasteiger partial charge on any atom is -0.507 e. The molecular formula is C21H18ClNO5. The third-order valence-electron chi connectivity index (χ3n) is 4.56. The topological polar surface area (TPSA) is 94.9 Å². The number of hydrogen-bond donors (Lipinski definition) is 2. The smallest absolute Gasteiger partial charge is 0.303 e. The highest BCUT2D eigenvalue weighted by Crippen LogP contribution is 2.39. The Hall–Kier alpha value is -3.12. The lowest BCUT2D eigenvalue weighted by Gasteiger charge is -2.25. The highest BCUT2D eigenvalue weighted by molar-refractivity contribution is 6.46. The van der Waals surface area contributed by atoms with E-state index in [9.17, 15) is 19.5 Å². The number of Topliss-reactive ketones (excluding diaryl/α,β-unsaturated/α-hetero) is 1. The lowest BCUT2D eigenvalue weighted by Crippen LogP contribution is -2.31. The van der Waals surface area contributed by atoms with Crippen LogP contribution in [0.25, 0.3) is 5.76 Å². The molecule has 0 aromatic heterocycles. The average molecular weight is 400 g/mol. The predicted molar refractivity (Wildman–Crippen MR) is 104 cm³/mol. The van der Waals surface area contributed by atoms with Gasteiger partial charge in [0.2, 0.25) is 0 Å². The van der Waals surface area contributed by atoms with Crippen LogP contribution in [-0.2, 0) is 14.4 Å². The minimum absolute atomic E-state index is 0.0196. The van der Waals surface area contributed by atoms with Crippen molar-refractivity contribution < 1.29 is 24.6 Å². The molecule has 1 aliphatic rings. The molecule has 7 heteroatoms. The highest BCUT2D eigenvalue weighted by atomic mass is 35.5. The standard InChI is InChI=1S/C21H18ClNO5/c22-15-10-8-13(9-11-15)18-17(19(26)14-5-2-1-3-6-14)20(27)21(28)23(18)12-4-7-16(24)25/h1-3,5-6,8-11,18,26H,4,7,12H2,(H,24,25)/t18-/m1/s1. The summed E-state index contributed by atoms with van der Waals surface area (Å²) < 4.78 is 0. The second kappa shape index (κ2) is 8.27. The largest absolute Gasteiger partial charge is 0.507 e. The van der Waals surface area contributed by atoms with E-state index in [0.717, 1.165) is 0 Å². The lowest BCUT2D eigenvalue weighted by molar-refractivity contribution is -0.140. The van der Waals surface area contributed by atoms with Crippen molar-refractivity contribution in [3.05, 3.63) is 76.3 Å². The van der Waals surface area contributed by atoms with Crippen LogP contribution in [0.3, 0.4) is 0 Å². The second-order valence-corrected chi connectivity index (χ2v) is 6.84. The molecule has 2 N–H and O–H groups in total. The molecule has 0 bridgehead atoms. The van der Waals surface area contributed by atoms with Crippen molar-refractivity contribution in [2.75, 3.05) is 6.54 Å². The first-order chi connectivity index (χ1) is 13.4. The first kappa shape index (κ1) is 19.6. The Labute approximate surface area is 166 Å². The number of aliphatic carboxylic acids is 1. The van der Waals surface area contributed by atoms with Gasteiger partial charge in [-0.05, 0) is 24.1 Å². The highest BCUT2D eigenvalue weighted by Gasteiger charge is 2.45. The molecule has 0 aliphatic carbocycles. The molecule has 28 heavy (non-hydrogen) atoms. The van der Waals surface area contributed by atoms with Crippen molar-refractivity contribution in [1.82, 2.24) is 4.90 Å². The number of likely N-dealkylation sites (tertiary alicyclic amines) is 1. The molecule has 144 valence electrons. The molecule has 1 fully saturated rings. The van der Waals surface area contributed by atoms with E-state index in [4.69, 9.17) is 16.7 Å². The van der Waals surface area contributed by atoms with Gasteiger partial charge in [-0.15, -0.1) is 0 Å². The molecule has 1 saturated heterocycles. The molecule has 1 atom stereocenters. The number of benzene rings is 2. The molecule has 0 spiro atoms. The number of amides is 1. The molecule has 0 radical (unpaired) electrons. The molecule has 2 aromatic rings. The monoisotopic (exact) mass is 399 g/mol. The second-order valence-electron chi connectivity index (χ2n) is 6.41. The van der Waals surface area contributed by atoms with E-state index in [1.807, 2.05) is 0 Å². The van der Waals surface area contributed by atoms with Crippen LogP contribution >= 0.6 is 11.6 Å². The third-order valence-corrected chi connectivity index (χ3v) is 4.81. The van der Waals surface area contributed by atoms with E-state index in [0.29, 0.717) is 16.1 Å². The number of rotatable bonds is 6. The fourth-order valence-electron chi connectivity index (χ4n) is 3.25. The summed E-state index contributed by atoms with van der Waals surface area (Å²) >= 11 is 5.95. The Morgan fingerprint density at radius 1 is 1.00 bits per heavy atom. The summed E-state index contributed by atoms with van der Waals surface area (Å²) in [4.78, 5) is 37.5. The van der Waals surface area contributed by atoms with Gasteiger partial charge >= 0.3 is 5.97 Å². The average Bonchev–Trinajstić information content (AvgIpc) is 2.93. The number of carbonyl (C=O) groups excluding carboxylic acids is 2. The van der Waals surface area contributed by atoms with Crippen molar-refractivity contribution in [3.8, 4) is 0 Å². The fraction of sp³-hybridized carbons (Fsp3) is 0.190. The maximum atomic E-state index is 12.7. The summed E-state index contributed by atoms with van der Waals surface area (Å²) in [5.41, 5.74) is 1.01. The van der Waals surface area contributed by atoms with Crippen LogP contribution in [-0.4, -0.2) is 39.3 Å². The van der Waals surface area contributed by atoms with Gasteiger partial charge in [-0.1, -0.05) is 54.1 Å². The van der Waals surface area contributed by atoms with E-state index in [1.165, 1.54) is 4.90 Å². The summed E-state index contributed by atoms with van der Waals surface area (Å²) in [7, 11) is 0. The van der Waals surface area contributed by atoms with Gasteiger partial charge in [0, 0.05) is 23.6 Å². The number of halogens is 1. The normalized spacial score (nSPS) is 18.5. The van der Waals surface area contributed by atoms with Gasteiger partial charge in [0.05, 0.1) is 11.6 Å². The zero-order chi connectivity index (χ0) is 20.3. The van der Waals surface area contributed by atoms with Crippen molar-refractivity contribution in [2.45, 2.75) is 18.9 Å². The van der Waals surface area contributed by atoms with Gasteiger partial charge in [0.1, 0.15) is 5.76 Å². The van der Waals surface area contributed by atoms with Crippen molar-refractivity contribution in [2.24, 2.45) is 0 Å². The first-order valence-corrected chi connectivity index (χ1v) is 9.09. The van der Waals surface area contributed by atoms with Gasteiger partial charge in [-0.25, -0.2) is 0 Å². The Kier molecular flexibility index (Phi) is 5.80. The van der Waals surface area contributed by atoms with Gasteiger partial charge in [-0.3, -0.25) is 14.4 Å². The Morgan fingerprint density at radius 2 is 1.64 bits per heavy atom. The Balaban J connectivity index is 2.08. The number of nitrogens with zero attached hydrogens (tertiary/aromatic N) is 1. The summed E-state index contributed by atoms with van der Waals surface area (Å²) in [6.07, 6.45) is 0.0623. The van der Waals surface area contributed by atoms with Gasteiger partial charge in [0.25, 0.3) is 11.7 Å². The van der Waals surface area contributed by atoms with Crippen LogP contribution in [0, 0.1) is 0 Å². The number of carboxylic acids is 1. The van der Waals surface area contributed by atoms with E-state index >= 15 is 0 Å². The Morgan fingerprint density at radius 3 is 2.25 bits per heavy atom. The summed E-state index contributed by atoms with van der Waals surface area (Å²) in [6.45, 7) is 0.0791. The van der Waals surface area contributed by atoms with E-state index in [-0.39, 0.29) is 30.7 Å². The quantitative estimate of drug-likeness (QED) is 0.439. The van der Waals surface area contributed by atoms with E-state index in [2.05, 4.69) is 0 Å². The van der Waals surface area contributed by atoms with Crippen LogP contribution in [0.15, 0.2) is 60.2 Å². The molecule has 3 rings (SSSR count). The number of aliphatic hydroxyl groups excluding tert-OH is 1. The van der Waals surface area contributed by atoms with Crippen molar-refractivity contribution >= 4 is 35.0 Å². The first-order valence-electron chi connectivity index (χ1n) is 8.71. The van der Waals surface area contributed by atoms with Crippen LogP contribution < -0.4 is 0 Å². The molecule has 1 amide bonds. The summed E-state index contributed by atoms with van der Waals surface area (Å²) in [5.74, 6) is -2.80. The predicted octanol–water partition coefficient (Wildman–Crippen LogP) is 3.63. The van der Waals surface area contributed by atoms with Crippen LogP contribution in [0.2, 0.25) is 5.02 Å². The third kappa shape index (κ3) is 3.92. The maximum absolute atomic E-state index is 12.7. The minimum atomic E-state index is -0.982. The summed E-state index contributed by atoms with van der Waals surface area (Å²) in [6, 6.07) is 14.3. The molecule has 6 nitrogen and oxygen atoms in total. The van der Waals surface area contributed by atoms with Gasteiger partial charge in [0.15, 0.2) is 0 Å². The van der Waals surface area contributed by atoms with Crippen LogP contribution in [0.1, 0.15) is 30.0 Å². The van der Waals surface area contributed by atoms with Crippen LogP contribution in [0.5, 0.6) is 0 Å². The molecule has 2 aromatic carbocycles. The molecule has 0 unspecified atom stereocenters. The zero-order valence-corrected chi connectivity index (χ0v) is 15.6. The number of hydrogen-bond acceptors (Lipinski definition) is 4. The zero-order valence-electron chi connectivity index (χ0n) is 14.8. The molecule has 1 heterocycles.